The van der Waals surface area contributed by atoms with E-state index >= 15 is 0 Å². The molecular formula is C22H17Cl2NO4. The predicted octanol–water partition coefficient (Wildman–Crippen LogP) is 4.75. The molecule has 0 unspecified atom stereocenters. The van der Waals surface area contributed by atoms with E-state index in [1.165, 1.54) is 17.0 Å². The summed E-state index contributed by atoms with van der Waals surface area (Å²) in [6, 6.07) is 11.0. The number of anilines is 1. The summed E-state index contributed by atoms with van der Waals surface area (Å²) in [5.74, 6) is -0.413. The zero-order chi connectivity index (χ0) is 20.3. The Bertz CT molecular complexity index is 1020. The Morgan fingerprint density at radius 2 is 1.66 bits per heavy atom. The molecule has 5 nitrogen and oxygen atoms in total. The van der Waals surface area contributed by atoms with Crippen molar-refractivity contribution in [2.24, 2.45) is 23.7 Å². The normalized spacial score (nSPS) is 27.4. The van der Waals surface area contributed by atoms with Crippen LogP contribution in [-0.4, -0.2) is 17.8 Å². The number of ether oxygens (including phenoxy) is 1. The van der Waals surface area contributed by atoms with Crippen LogP contribution in [0.15, 0.2) is 42.5 Å². The molecule has 2 aromatic carbocycles. The van der Waals surface area contributed by atoms with Crippen molar-refractivity contribution in [1.82, 2.24) is 0 Å². The number of imide groups is 1. The second-order valence-corrected chi connectivity index (χ2v) is 8.75. The van der Waals surface area contributed by atoms with Crippen LogP contribution in [0.1, 0.15) is 29.6 Å². The van der Waals surface area contributed by atoms with Gasteiger partial charge in [-0.25, -0.2) is 9.69 Å². The number of nitrogens with zero attached hydrogens (tertiary/aromatic N) is 1. The molecule has 0 radical (unpaired) electrons. The molecule has 2 saturated carbocycles. The molecule has 7 heteroatoms. The number of benzene rings is 2. The Labute approximate surface area is 177 Å². The highest BCUT2D eigenvalue weighted by molar-refractivity contribution is 6.36. The van der Waals surface area contributed by atoms with Gasteiger partial charge in [-0.15, -0.1) is 0 Å². The summed E-state index contributed by atoms with van der Waals surface area (Å²) in [5, 5.41) is 0.603. The summed E-state index contributed by atoms with van der Waals surface area (Å²) in [4.78, 5) is 39.7. The van der Waals surface area contributed by atoms with Gasteiger partial charge in [-0.1, -0.05) is 29.3 Å². The van der Waals surface area contributed by atoms with E-state index in [-0.39, 0.29) is 40.0 Å². The molecule has 1 heterocycles. The first kappa shape index (κ1) is 18.6. The van der Waals surface area contributed by atoms with E-state index in [0.29, 0.717) is 22.5 Å². The Kier molecular flexibility index (Phi) is 4.41. The van der Waals surface area contributed by atoms with Crippen LogP contribution < -0.4 is 9.64 Å². The average Bonchev–Trinajstić information content (AvgIpc) is 3.35. The number of amides is 2. The number of esters is 1. The molecule has 3 aliphatic rings. The van der Waals surface area contributed by atoms with Crippen LogP contribution in [-0.2, 0) is 9.59 Å². The van der Waals surface area contributed by atoms with Gasteiger partial charge in [0.05, 0.1) is 28.1 Å². The molecule has 4 atom stereocenters. The van der Waals surface area contributed by atoms with Gasteiger partial charge >= 0.3 is 5.97 Å². The molecular weight excluding hydrogens is 413 g/mol. The second-order valence-electron chi connectivity index (χ2n) is 7.91. The van der Waals surface area contributed by atoms with Gasteiger partial charge in [0.15, 0.2) is 0 Å². The number of hydrogen-bond acceptors (Lipinski definition) is 4. The number of hydrogen-bond donors (Lipinski definition) is 0. The Morgan fingerprint density at radius 1 is 0.966 bits per heavy atom. The molecule has 2 aromatic rings. The van der Waals surface area contributed by atoms with Crippen molar-refractivity contribution in [3.8, 4) is 5.75 Å². The fourth-order valence-electron chi connectivity index (χ4n) is 5.17. The lowest BCUT2D eigenvalue weighted by atomic mass is 9.81. The average molecular weight is 430 g/mol. The highest BCUT2D eigenvalue weighted by atomic mass is 35.5. The highest BCUT2D eigenvalue weighted by Gasteiger charge is 2.61. The summed E-state index contributed by atoms with van der Waals surface area (Å²) in [6.45, 7) is 0. The predicted molar refractivity (Wildman–Crippen MR) is 108 cm³/mol. The van der Waals surface area contributed by atoms with E-state index in [1.807, 2.05) is 0 Å². The van der Waals surface area contributed by atoms with E-state index in [0.717, 1.165) is 19.3 Å². The van der Waals surface area contributed by atoms with E-state index in [4.69, 9.17) is 27.9 Å². The van der Waals surface area contributed by atoms with Gasteiger partial charge in [-0.3, -0.25) is 9.59 Å². The standard InChI is InChI=1S/C22H17Cl2NO4/c23-13-6-7-16(17(24)9-13)22(28)29-15-3-1-2-14(10-15)25-20(26)18-11-4-5-12(8-11)19(18)21(25)27/h1-3,6-7,9-12,18-19H,4-5,8H2/t11-,12+,18-,19-/m0/s1. The number of halogens is 2. The van der Waals surface area contributed by atoms with Crippen molar-refractivity contribution in [2.75, 3.05) is 4.90 Å². The van der Waals surface area contributed by atoms with Crippen LogP contribution in [0, 0.1) is 23.7 Å². The largest absolute Gasteiger partial charge is 0.423 e. The first-order valence-electron chi connectivity index (χ1n) is 9.59. The van der Waals surface area contributed by atoms with E-state index in [9.17, 15) is 14.4 Å². The van der Waals surface area contributed by atoms with Crippen LogP contribution in [0.4, 0.5) is 5.69 Å². The van der Waals surface area contributed by atoms with Crippen LogP contribution in [0.3, 0.4) is 0 Å². The van der Waals surface area contributed by atoms with Crippen LogP contribution in [0.5, 0.6) is 5.75 Å². The summed E-state index contributed by atoms with van der Waals surface area (Å²) in [5.41, 5.74) is 0.613. The van der Waals surface area contributed by atoms with Crippen molar-refractivity contribution in [1.29, 1.82) is 0 Å². The maximum absolute atomic E-state index is 13.0. The number of fused-ring (bicyclic) bond motifs is 5. The summed E-state index contributed by atoms with van der Waals surface area (Å²) >= 11 is 11.9. The lowest BCUT2D eigenvalue weighted by Gasteiger charge is -2.19. The van der Waals surface area contributed by atoms with E-state index in [1.54, 1.807) is 30.3 Å². The smallest absolute Gasteiger partial charge is 0.345 e. The van der Waals surface area contributed by atoms with Crippen LogP contribution >= 0.6 is 23.2 Å². The number of rotatable bonds is 3. The van der Waals surface area contributed by atoms with Gasteiger partial charge in [0.25, 0.3) is 0 Å². The molecule has 0 N–H and O–H groups in total. The van der Waals surface area contributed by atoms with E-state index < -0.39 is 5.97 Å². The molecule has 0 aromatic heterocycles. The fraction of sp³-hybridized carbons (Fsp3) is 0.318. The minimum Gasteiger partial charge on any atom is -0.423 e. The molecule has 2 amide bonds. The van der Waals surface area contributed by atoms with Gasteiger partial charge in [-0.2, -0.15) is 0 Å². The summed E-state index contributed by atoms with van der Waals surface area (Å²) in [6.07, 6.45) is 3.04. The Morgan fingerprint density at radius 3 is 2.31 bits per heavy atom. The molecule has 0 spiro atoms. The molecule has 2 bridgehead atoms. The molecule has 5 rings (SSSR count). The second kappa shape index (κ2) is 6.85. The zero-order valence-electron chi connectivity index (χ0n) is 15.3. The fourth-order valence-corrected chi connectivity index (χ4v) is 5.65. The summed E-state index contributed by atoms with van der Waals surface area (Å²) in [7, 11) is 0. The first-order chi connectivity index (χ1) is 13.9. The Hall–Kier alpha value is -2.37. The SMILES string of the molecule is O=C(Oc1cccc(N2C(=O)[C@H]3[C@@H]4CC[C@@H](C4)[C@@H]3C2=O)c1)c1ccc(Cl)cc1Cl. The van der Waals surface area contributed by atoms with Crippen molar-refractivity contribution in [3.05, 3.63) is 58.1 Å². The van der Waals surface area contributed by atoms with Gasteiger partial charge in [0, 0.05) is 11.1 Å². The third kappa shape index (κ3) is 2.95. The van der Waals surface area contributed by atoms with Gasteiger partial charge in [0.1, 0.15) is 5.75 Å². The van der Waals surface area contributed by atoms with Gasteiger partial charge in [0.2, 0.25) is 11.8 Å². The topological polar surface area (TPSA) is 63.7 Å². The van der Waals surface area contributed by atoms with Crippen molar-refractivity contribution in [3.63, 3.8) is 0 Å². The van der Waals surface area contributed by atoms with Crippen molar-refractivity contribution in [2.45, 2.75) is 19.3 Å². The molecule has 1 saturated heterocycles. The third-order valence-electron chi connectivity index (χ3n) is 6.36. The quantitative estimate of drug-likeness (QED) is 0.401. The highest BCUT2D eigenvalue weighted by Crippen LogP contribution is 2.56. The van der Waals surface area contributed by atoms with Crippen LogP contribution in [0.25, 0.3) is 0 Å². The lowest BCUT2D eigenvalue weighted by Crippen LogP contribution is -2.32. The first-order valence-corrected chi connectivity index (χ1v) is 10.3. The van der Waals surface area contributed by atoms with Gasteiger partial charge in [-0.05, 0) is 61.4 Å². The molecule has 3 fully saturated rings. The van der Waals surface area contributed by atoms with Crippen LogP contribution in [0.2, 0.25) is 10.0 Å². The minimum atomic E-state index is -0.641. The summed E-state index contributed by atoms with van der Waals surface area (Å²) < 4.78 is 5.42. The van der Waals surface area contributed by atoms with E-state index in [2.05, 4.69) is 0 Å². The molecule has 1 aliphatic heterocycles. The number of carbonyl (C=O) groups excluding carboxylic acids is 3. The Balaban J connectivity index is 1.40. The minimum absolute atomic E-state index is 0.128. The molecule has 148 valence electrons. The van der Waals surface area contributed by atoms with Crippen molar-refractivity contribution < 1.29 is 19.1 Å². The third-order valence-corrected chi connectivity index (χ3v) is 6.91. The number of carbonyl (C=O) groups is 3. The monoisotopic (exact) mass is 429 g/mol. The lowest BCUT2D eigenvalue weighted by molar-refractivity contribution is -0.123. The van der Waals surface area contributed by atoms with Crippen molar-refractivity contribution >= 4 is 46.7 Å². The maximum Gasteiger partial charge on any atom is 0.345 e. The maximum atomic E-state index is 13.0. The zero-order valence-corrected chi connectivity index (χ0v) is 16.8. The molecule has 2 aliphatic carbocycles. The van der Waals surface area contributed by atoms with Gasteiger partial charge < -0.3 is 4.74 Å². The molecule has 29 heavy (non-hydrogen) atoms.